The summed E-state index contributed by atoms with van der Waals surface area (Å²) < 4.78 is 40.3. The van der Waals surface area contributed by atoms with Gasteiger partial charge in [0.1, 0.15) is 5.75 Å². The molecule has 0 amide bonds. The molecule has 1 aromatic rings. The number of nitrogens with one attached hydrogen (secondary N) is 1. The predicted molar refractivity (Wildman–Crippen MR) is 62.4 cm³/mol. The van der Waals surface area contributed by atoms with E-state index in [0.717, 1.165) is 12.1 Å². The van der Waals surface area contributed by atoms with Crippen LogP contribution in [0, 0.1) is 0 Å². The first-order valence-corrected chi connectivity index (χ1v) is 5.69. The van der Waals surface area contributed by atoms with Crippen molar-refractivity contribution in [1.29, 1.82) is 0 Å². The van der Waals surface area contributed by atoms with E-state index >= 15 is 0 Å². The van der Waals surface area contributed by atoms with Crippen LogP contribution in [0.3, 0.4) is 0 Å². The van der Waals surface area contributed by atoms with Crippen LogP contribution in [0.25, 0.3) is 0 Å². The lowest BCUT2D eigenvalue weighted by atomic mass is 10.3. The Kier molecular flexibility index (Phi) is 5.24. The van der Waals surface area contributed by atoms with E-state index in [4.69, 9.17) is 10.2 Å². The number of benzene rings is 1. The van der Waals surface area contributed by atoms with Gasteiger partial charge in [0.05, 0.1) is 18.4 Å². The lowest BCUT2D eigenvalue weighted by molar-refractivity contribution is -0.274. The van der Waals surface area contributed by atoms with Crippen molar-refractivity contribution >= 4 is 21.6 Å². The zero-order valence-electron chi connectivity index (χ0n) is 9.04. The smallest absolute Gasteiger partial charge is 0.406 e. The van der Waals surface area contributed by atoms with Crippen molar-refractivity contribution in [1.82, 2.24) is 0 Å². The number of aliphatic hydroxyl groups excluding tert-OH is 2. The molecule has 1 rings (SSSR count). The first-order valence-electron chi connectivity index (χ1n) is 4.90. The van der Waals surface area contributed by atoms with Gasteiger partial charge in [-0.2, -0.15) is 0 Å². The average molecular weight is 330 g/mol. The van der Waals surface area contributed by atoms with Gasteiger partial charge in [-0.25, -0.2) is 0 Å². The van der Waals surface area contributed by atoms with Crippen LogP contribution in [0.1, 0.15) is 0 Å². The molecular weight excluding hydrogens is 319 g/mol. The highest BCUT2D eigenvalue weighted by molar-refractivity contribution is 9.10. The molecule has 18 heavy (non-hydrogen) atoms. The summed E-state index contributed by atoms with van der Waals surface area (Å²) in [6.07, 6.45) is -5.75. The molecule has 0 bridgehead atoms. The van der Waals surface area contributed by atoms with Gasteiger partial charge in [0.25, 0.3) is 0 Å². The lowest BCUT2D eigenvalue weighted by Gasteiger charge is -2.14. The summed E-state index contributed by atoms with van der Waals surface area (Å²) in [5.74, 6) is -0.369. The molecule has 0 saturated carbocycles. The van der Waals surface area contributed by atoms with Crippen molar-refractivity contribution in [3.63, 3.8) is 0 Å². The van der Waals surface area contributed by atoms with E-state index in [1.807, 2.05) is 0 Å². The van der Waals surface area contributed by atoms with Gasteiger partial charge in [0, 0.05) is 17.1 Å². The molecule has 0 aromatic heterocycles. The zero-order valence-corrected chi connectivity index (χ0v) is 10.6. The van der Waals surface area contributed by atoms with Crippen molar-refractivity contribution in [3.05, 3.63) is 22.7 Å². The molecule has 1 atom stereocenters. The summed E-state index contributed by atoms with van der Waals surface area (Å²) in [5, 5.41) is 20.4. The molecule has 8 heteroatoms. The number of rotatable bonds is 5. The molecule has 0 radical (unpaired) electrons. The lowest BCUT2D eigenvalue weighted by Crippen LogP contribution is -2.23. The van der Waals surface area contributed by atoms with Crippen molar-refractivity contribution in [2.45, 2.75) is 12.5 Å². The first-order chi connectivity index (χ1) is 8.31. The van der Waals surface area contributed by atoms with Gasteiger partial charge >= 0.3 is 6.36 Å². The van der Waals surface area contributed by atoms with E-state index in [9.17, 15) is 13.2 Å². The van der Waals surface area contributed by atoms with E-state index in [0.29, 0.717) is 10.2 Å². The predicted octanol–water partition coefficient (Wildman–Crippen LogP) is 2.11. The standard InChI is InChI=1S/C10H11BrF3NO3/c11-8-2-1-7(18-10(12,13)14)3-9(8)15-4-6(17)5-16/h1-3,6,15-17H,4-5H2. The maximum atomic E-state index is 12.0. The largest absolute Gasteiger partial charge is 0.573 e. The molecular formula is C10H11BrF3NO3. The Hall–Kier alpha value is -0.990. The minimum Gasteiger partial charge on any atom is -0.406 e. The summed E-state index contributed by atoms with van der Waals surface area (Å²) in [7, 11) is 0. The number of hydrogen-bond donors (Lipinski definition) is 3. The first kappa shape index (κ1) is 15.1. The second-order valence-corrected chi connectivity index (χ2v) is 4.26. The summed E-state index contributed by atoms with van der Waals surface area (Å²) in [6, 6.07) is 3.68. The van der Waals surface area contributed by atoms with Gasteiger partial charge < -0.3 is 20.3 Å². The third-order valence-corrected chi connectivity index (χ3v) is 2.60. The number of anilines is 1. The van der Waals surface area contributed by atoms with Crippen LogP contribution in [0.4, 0.5) is 18.9 Å². The topological polar surface area (TPSA) is 61.7 Å². The van der Waals surface area contributed by atoms with E-state index in [1.54, 1.807) is 0 Å². The van der Waals surface area contributed by atoms with Gasteiger partial charge in [-0.15, -0.1) is 13.2 Å². The number of halogens is 4. The fourth-order valence-corrected chi connectivity index (χ4v) is 1.52. The Morgan fingerprint density at radius 3 is 2.61 bits per heavy atom. The minimum absolute atomic E-state index is 0.00453. The van der Waals surface area contributed by atoms with E-state index < -0.39 is 19.1 Å². The Morgan fingerprint density at radius 1 is 1.39 bits per heavy atom. The Balaban J connectivity index is 2.75. The molecule has 1 unspecified atom stereocenters. The fraction of sp³-hybridized carbons (Fsp3) is 0.400. The van der Waals surface area contributed by atoms with Crippen molar-refractivity contribution in [2.75, 3.05) is 18.5 Å². The van der Waals surface area contributed by atoms with Crippen LogP contribution in [0.15, 0.2) is 22.7 Å². The maximum absolute atomic E-state index is 12.0. The van der Waals surface area contributed by atoms with Gasteiger partial charge in [0.2, 0.25) is 0 Å². The summed E-state index contributed by atoms with van der Waals surface area (Å²) in [4.78, 5) is 0. The molecule has 0 heterocycles. The van der Waals surface area contributed by atoms with Crippen molar-refractivity contribution in [3.8, 4) is 5.75 Å². The molecule has 3 N–H and O–H groups in total. The van der Waals surface area contributed by atoms with E-state index in [1.165, 1.54) is 6.07 Å². The Bertz CT molecular complexity index is 400. The van der Waals surface area contributed by atoms with Crippen LogP contribution in [0.2, 0.25) is 0 Å². The summed E-state index contributed by atoms with van der Waals surface area (Å²) in [5.41, 5.74) is 0.323. The van der Waals surface area contributed by atoms with Gasteiger partial charge in [-0.3, -0.25) is 0 Å². The monoisotopic (exact) mass is 329 g/mol. The highest BCUT2D eigenvalue weighted by atomic mass is 79.9. The summed E-state index contributed by atoms with van der Waals surface area (Å²) >= 11 is 3.14. The third-order valence-electron chi connectivity index (χ3n) is 1.91. The SMILES string of the molecule is OCC(O)CNc1cc(OC(F)(F)F)ccc1Br. The molecule has 1 aromatic carbocycles. The molecule has 0 aliphatic rings. The molecule has 102 valence electrons. The molecule has 0 spiro atoms. The second kappa shape index (κ2) is 6.26. The number of ether oxygens (including phenoxy) is 1. The van der Waals surface area contributed by atoms with Crippen LogP contribution in [-0.2, 0) is 0 Å². The van der Waals surface area contributed by atoms with Crippen LogP contribution >= 0.6 is 15.9 Å². The third kappa shape index (κ3) is 5.11. The van der Waals surface area contributed by atoms with Crippen molar-refractivity contribution in [2.24, 2.45) is 0 Å². The highest BCUT2D eigenvalue weighted by Crippen LogP contribution is 2.30. The average Bonchev–Trinajstić information content (AvgIpc) is 2.27. The van der Waals surface area contributed by atoms with Crippen LogP contribution < -0.4 is 10.1 Å². The molecule has 0 fully saturated rings. The second-order valence-electron chi connectivity index (χ2n) is 3.41. The minimum atomic E-state index is -4.75. The fourth-order valence-electron chi connectivity index (χ4n) is 1.13. The Labute approximate surface area is 110 Å². The highest BCUT2D eigenvalue weighted by Gasteiger charge is 2.31. The molecule has 0 saturated heterocycles. The van der Waals surface area contributed by atoms with E-state index in [-0.39, 0.29) is 12.3 Å². The Morgan fingerprint density at radius 2 is 2.06 bits per heavy atom. The van der Waals surface area contributed by atoms with E-state index in [2.05, 4.69) is 26.0 Å². The number of alkyl halides is 3. The molecule has 0 aliphatic heterocycles. The zero-order chi connectivity index (χ0) is 13.8. The quantitative estimate of drug-likeness (QED) is 0.774. The van der Waals surface area contributed by atoms with Gasteiger partial charge in [0.15, 0.2) is 0 Å². The number of hydrogen-bond acceptors (Lipinski definition) is 4. The molecule has 4 nitrogen and oxygen atoms in total. The van der Waals surface area contributed by atoms with Crippen molar-refractivity contribution < 1.29 is 28.1 Å². The van der Waals surface area contributed by atoms with Crippen LogP contribution in [0.5, 0.6) is 5.75 Å². The summed E-state index contributed by atoms with van der Waals surface area (Å²) in [6.45, 7) is -0.437. The van der Waals surface area contributed by atoms with Gasteiger partial charge in [-0.1, -0.05) is 0 Å². The number of aliphatic hydroxyl groups is 2. The van der Waals surface area contributed by atoms with Gasteiger partial charge in [-0.05, 0) is 28.1 Å². The normalized spacial score (nSPS) is 13.2. The molecule has 0 aliphatic carbocycles. The van der Waals surface area contributed by atoms with Crippen LogP contribution in [-0.4, -0.2) is 35.8 Å². The maximum Gasteiger partial charge on any atom is 0.573 e.